The number of carbonyl (C=O) groups is 1. The Balaban J connectivity index is 2.08. The Morgan fingerprint density at radius 1 is 1.29 bits per heavy atom. The molecular weight excluding hydrogens is 264 g/mol. The Labute approximate surface area is 123 Å². The van der Waals surface area contributed by atoms with Crippen molar-refractivity contribution < 1.29 is 9.90 Å². The van der Waals surface area contributed by atoms with Crippen molar-refractivity contribution in [1.29, 1.82) is 0 Å². The quantitative estimate of drug-likeness (QED) is 0.935. The molecule has 0 atom stereocenters. The number of aryl methyl sites for hydroxylation is 1. The lowest BCUT2D eigenvalue weighted by atomic mass is 9.64. The highest BCUT2D eigenvalue weighted by Crippen LogP contribution is 2.47. The summed E-state index contributed by atoms with van der Waals surface area (Å²) >= 11 is 0. The molecule has 0 saturated heterocycles. The number of hydrogen-bond donors (Lipinski definition) is 1. The number of rotatable bonds is 4. The molecule has 1 aliphatic rings. The summed E-state index contributed by atoms with van der Waals surface area (Å²) in [7, 11) is 0. The summed E-state index contributed by atoms with van der Waals surface area (Å²) in [5.41, 5.74) is 1.92. The highest BCUT2D eigenvalue weighted by atomic mass is 16.4. The fraction of sp³-hybridized carbons (Fsp3) is 0.353. The van der Waals surface area contributed by atoms with E-state index < -0.39 is 5.97 Å². The van der Waals surface area contributed by atoms with E-state index in [-0.39, 0.29) is 11.0 Å². The summed E-state index contributed by atoms with van der Waals surface area (Å²) in [6.07, 6.45) is 5.26. The molecule has 0 amide bonds. The average Bonchev–Trinajstić information content (AvgIpc) is 2.47. The maximum atomic E-state index is 11.2. The van der Waals surface area contributed by atoms with Crippen LogP contribution in [-0.2, 0) is 11.8 Å². The first-order valence-electron chi connectivity index (χ1n) is 7.32. The summed E-state index contributed by atoms with van der Waals surface area (Å²) in [6.45, 7) is 1.93. The first-order chi connectivity index (χ1) is 10.2. The molecule has 4 nitrogen and oxygen atoms in total. The lowest BCUT2D eigenvalue weighted by Gasteiger charge is -2.41. The van der Waals surface area contributed by atoms with Gasteiger partial charge in [0.05, 0.1) is 16.7 Å². The molecule has 1 aromatic carbocycles. The zero-order valence-electron chi connectivity index (χ0n) is 12.0. The van der Waals surface area contributed by atoms with Crippen LogP contribution < -0.4 is 0 Å². The lowest BCUT2D eigenvalue weighted by molar-refractivity contribution is 0.0694. The Bertz CT molecular complexity index is 664. The first-order valence-corrected chi connectivity index (χ1v) is 7.32. The zero-order valence-corrected chi connectivity index (χ0v) is 12.0. The highest BCUT2D eigenvalue weighted by molar-refractivity contribution is 5.88. The van der Waals surface area contributed by atoms with Crippen molar-refractivity contribution >= 4 is 5.97 Å². The maximum Gasteiger partial charge on any atom is 0.339 e. The zero-order chi connectivity index (χ0) is 14.9. The normalized spacial score (nSPS) is 16.2. The van der Waals surface area contributed by atoms with E-state index in [1.165, 1.54) is 11.8 Å². The molecule has 0 bridgehead atoms. The Kier molecular flexibility index (Phi) is 3.45. The van der Waals surface area contributed by atoms with Gasteiger partial charge in [-0.25, -0.2) is 14.8 Å². The van der Waals surface area contributed by atoms with Gasteiger partial charge >= 0.3 is 5.97 Å². The minimum atomic E-state index is -0.958. The number of carboxylic acids is 1. The highest BCUT2D eigenvalue weighted by Gasteiger charge is 2.43. The number of aromatic nitrogens is 2. The second-order valence-electron chi connectivity index (χ2n) is 5.51. The van der Waals surface area contributed by atoms with Gasteiger partial charge in [-0.05, 0) is 24.8 Å². The summed E-state index contributed by atoms with van der Waals surface area (Å²) < 4.78 is 0. The van der Waals surface area contributed by atoms with Gasteiger partial charge in [0.25, 0.3) is 0 Å². The SMILES string of the molecule is CCc1nc(C2(c3ccccc3)CCC2)ncc1C(=O)O. The van der Waals surface area contributed by atoms with Crippen LogP contribution in [0.3, 0.4) is 0 Å². The van der Waals surface area contributed by atoms with E-state index in [9.17, 15) is 9.90 Å². The fourth-order valence-electron chi connectivity index (χ4n) is 3.02. The third-order valence-electron chi connectivity index (χ3n) is 4.39. The van der Waals surface area contributed by atoms with E-state index >= 15 is 0 Å². The Morgan fingerprint density at radius 2 is 2.00 bits per heavy atom. The van der Waals surface area contributed by atoms with E-state index in [2.05, 4.69) is 22.1 Å². The summed E-state index contributed by atoms with van der Waals surface area (Å²) in [5, 5.41) is 9.20. The first kappa shape index (κ1) is 13.7. The molecule has 1 aliphatic carbocycles. The monoisotopic (exact) mass is 282 g/mol. The van der Waals surface area contributed by atoms with Gasteiger partial charge in [0.1, 0.15) is 5.82 Å². The van der Waals surface area contributed by atoms with Crippen LogP contribution in [0.15, 0.2) is 36.5 Å². The molecule has 1 N–H and O–H groups in total. The van der Waals surface area contributed by atoms with Crippen LogP contribution in [0.25, 0.3) is 0 Å². The third-order valence-corrected chi connectivity index (χ3v) is 4.39. The standard InChI is InChI=1S/C17H18N2O2/c1-2-14-13(15(20)21)11-18-16(19-14)17(9-6-10-17)12-7-4-3-5-8-12/h3-5,7-8,11H,2,6,9-10H2,1H3,(H,20,21). The molecule has 1 aromatic heterocycles. The molecular formula is C17H18N2O2. The van der Waals surface area contributed by atoms with Gasteiger partial charge in [-0.2, -0.15) is 0 Å². The van der Waals surface area contributed by atoms with Crippen molar-refractivity contribution in [2.75, 3.05) is 0 Å². The molecule has 1 fully saturated rings. The van der Waals surface area contributed by atoms with Crippen molar-refractivity contribution in [2.24, 2.45) is 0 Å². The number of benzene rings is 1. The fourth-order valence-corrected chi connectivity index (χ4v) is 3.02. The molecule has 3 rings (SSSR count). The Hall–Kier alpha value is -2.23. The molecule has 0 radical (unpaired) electrons. The predicted octanol–water partition coefficient (Wildman–Crippen LogP) is 3.21. The van der Waals surface area contributed by atoms with Crippen LogP contribution in [-0.4, -0.2) is 21.0 Å². The summed E-state index contributed by atoms with van der Waals surface area (Å²) in [4.78, 5) is 20.2. The van der Waals surface area contributed by atoms with E-state index in [1.807, 2.05) is 25.1 Å². The molecule has 1 heterocycles. The number of hydrogen-bond acceptors (Lipinski definition) is 3. The van der Waals surface area contributed by atoms with Gasteiger partial charge in [0, 0.05) is 6.20 Å². The summed E-state index contributed by atoms with van der Waals surface area (Å²) in [6, 6.07) is 10.3. The second-order valence-corrected chi connectivity index (χ2v) is 5.51. The molecule has 108 valence electrons. The van der Waals surface area contributed by atoms with E-state index in [4.69, 9.17) is 0 Å². The summed E-state index contributed by atoms with van der Waals surface area (Å²) in [5.74, 6) is -0.192. The van der Waals surface area contributed by atoms with Crippen LogP contribution >= 0.6 is 0 Å². The van der Waals surface area contributed by atoms with Crippen molar-refractivity contribution in [2.45, 2.75) is 38.0 Å². The number of aromatic carboxylic acids is 1. The van der Waals surface area contributed by atoms with Crippen LogP contribution in [0.1, 0.15) is 53.6 Å². The average molecular weight is 282 g/mol. The molecule has 21 heavy (non-hydrogen) atoms. The molecule has 0 unspecified atom stereocenters. The molecule has 4 heteroatoms. The van der Waals surface area contributed by atoms with Gasteiger partial charge in [-0.1, -0.05) is 43.7 Å². The third kappa shape index (κ3) is 2.20. The number of carboxylic acid groups (broad SMARTS) is 1. The topological polar surface area (TPSA) is 63.1 Å². The molecule has 2 aromatic rings. The minimum Gasteiger partial charge on any atom is -0.478 e. The molecule has 1 saturated carbocycles. The van der Waals surface area contributed by atoms with E-state index in [0.29, 0.717) is 12.1 Å². The van der Waals surface area contributed by atoms with Crippen molar-refractivity contribution in [3.05, 3.63) is 59.2 Å². The predicted molar refractivity (Wildman–Crippen MR) is 79.4 cm³/mol. The van der Waals surface area contributed by atoms with Crippen LogP contribution in [0.5, 0.6) is 0 Å². The number of nitrogens with zero attached hydrogens (tertiary/aromatic N) is 2. The smallest absolute Gasteiger partial charge is 0.339 e. The Morgan fingerprint density at radius 3 is 2.52 bits per heavy atom. The minimum absolute atomic E-state index is 0.137. The van der Waals surface area contributed by atoms with Crippen LogP contribution in [0, 0.1) is 0 Å². The van der Waals surface area contributed by atoms with E-state index in [1.54, 1.807) is 0 Å². The lowest BCUT2D eigenvalue weighted by Crippen LogP contribution is -2.37. The van der Waals surface area contributed by atoms with Gasteiger partial charge in [0.15, 0.2) is 0 Å². The molecule has 0 aliphatic heterocycles. The molecule has 0 spiro atoms. The maximum absolute atomic E-state index is 11.2. The van der Waals surface area contributed by atoms with Crippen molar-refractivity contribution in [3.8, 4) is 0 Å². The van der Waals surface area contributed by atoms with Gasteiger partial charge in [-0.3, -0.25) is 0 Å². The van der Waals surface area contributed by atoms with Crippen molar-refractivity contribution in [3.63, 3.8) is 0 Å². The van der Waals surface area contributed by atoms with E-state index in [0.717, 1.165) is 25.1 Å². The van der Waals surface area contributed by atoms with Gasteiger partial charge < -0.3 is 5.11 Å². The van der Waals surface area contributed by atoms with Gasteiger partial charge in [0.2, 0.25) is 0 Å². The largest absolute Gasteiger partial charge is 0.478 e. The second kappa shape index (κ2) is 5.28. The van der Waals surface area contributed by atoms with Gasteiger partial charge in [-0.15, -0.1) is 0 Å². The van der Waals surface area contributed by atoms with Crippen LogP contribution in [0.4, 0.5) is 0 Å². The van der Waals surface area contributed by atoms with Crippen molar-refractivity contribution in [1.82, 2.24) is 9.97 Å². The van der Waals surface area contributed by atoms with Crippen LogP contribution in [0.2, 0.25) is 0 Å².